The molecule has 2 bridgehead atoms. The molecular weight excluding hydrogens is 442 g/mol. The molecule has 6 rings (SSSR count). The van der Waals surface area contributed by atoms with Gasteiger partial charge in [0.2, 0.25) is 0 Å². The molecule has 1 aliphatic heterocycles. The molecule has 0 unspecified atom stereocenters. The first-order chi connectivity index (χ1) is 16.8. The molecule has 36 heavy (non-hydrogen) atoms. The summed E-state index contributed by atoms with van der Waals surface area (Å²) in [6, 6.07) is 9.29. The lowest BCUT2D eigenvalue weighted by Gasteiger charge is -2.53. The number of rotatable bonds is 5. The Morgan fingerprint density at radius 1 is 0.806 bits per heavy atom. The summed E-state index contributed by atoms with van der Waals surface area (Å²) >= 11 is 0. The second kappa shape index (κ2) is 8.66. The van der Waals surface area contributed by atoms with Crippen LogP contribution in [0.2, 0.25) is 0 Å². The zero-order valence-electron chi connectivity index (χ0n) is 23.1. The number of aromatic nitrogens is 2. The van der Waals surface area contributed by atoms with E-state index in [9.17, 15) is 0 Å². The molecule has 0 saturated heterocycles. The number of hydrogen-bond acceptors (Lipinski definition) is 4. The maximum atomic E-state index is 6.49. The SMILES string of the molecule is CC(C)(C)[C@H](N)C1=NC=C(c2ccc(C34CCC(c5cnc([C@@H](N)C(C)(C)C)[nH]5)(CC3)CC4)cc2)C1. The van der Waals surface area contributed by atoms with Gasteiger partial charge in [-0.05, 0) is 71.5 Å². The van der Waals surface area contributed by atoms with Crippen LogP contribution >= 0.6 is 0 Å². The number of fused-ring (bicyclic) bond motifs is 3. The van der Waals surface area contributed by atoms with E-state index in [4.69, 9.17) is 16.5 Å². The van der Waals surface area contributed by atoms with E-state index in [1.165, 1.54) is 60.9 Å². The van der Waals surface area contributed by atoms with E-state index in [0.717, 1.165) is 18.0 Å². The normalized spacial score (nSPS) is 28.1. The van der Waals surface area contributed by atoms with E-state index in [1.807, 2.05) is 6.20 Å². The first-order valence-corrected chi connectivity index (χ1v) is 13.8. The highest BCUT2D eigenvalue weighted by molar-refractivity contribution is 6.01. The van der Waals surface area contributed by atoms with Crippen LogP contribution in [0.3, 0.4) is 0 Å². The van der Waals surface area contributed by atoms with Crippen molar-refractivity contribution in [2.24, 2.45) is 27.3 Å². The summed E-state index contributed by atoms with van der Waals surface area (Å²) < 4.78 is 0. The molecule has 2 aromatic rings. The Bertz CT molecular complexity index is 1140. The van der Waals surface area contributed by atoms with Crippen molar-refractivity contribution in [2.45, 2.75) is 109 Å². The van der Waals surface area contributed by atoms with E-state index in [2.05, 4.69) is 82.0 Å². The molecule has 0 radical (unpaired) electrons. The highest BCUT2D eigenvalue weighted by Crippen LogP contribution is 2.58. The lowest BCUT2D eigenvalue weighted by molar-refractivity contribution is 0.0988. The number of nitrogens with two attached hydrogens (primary N) is 2. The highest BCUT2D eigenvalue weighted by atomic mass is 15.0. The predicted molar refractivity (Wildman–Crippen MR) is 150 cm³/mol. The predicted octanol–water partition coefficient (Wildman–Crippen LogP) is 6.56. The van der Waals surface area contributed by atoms with Crippen molar-refractivity contribution in [2.75, 3.05) is 0 Å². The van der Waals surface area contributed by atoms with Gasteiger partial charge in [-0.15, -0.1) is 0 Å². The molecule has 0 amide bonds. The average Bonchev–Trinajstić information content (AvgIpc) is 3.54. The number of aromatic amines is 1. The van der Waals surface area contributed by atoms with Gasteiger partial charge < -0.3 is 16.5 Å². The lowest BCUT2D eigenvalue weighted by atomic mass is 9.51. The number of nitrogens with zero attached hydrogens (tertiary/aromatic N) is 2. The fraction of sp³-hybridized carbons (Fsp3) is 0.613. The Morgan fingerprint density at radius 3 is 1.92 bits per heavy atom. The molecule has 3 saturated carbocycles. The van der Waals surface area contributed by atoms with Crippen LogP contribution < -0.4 is 11.5 Å². The Balaban J connectivity index is 1.26. The number of H-pyrrole nitrogens is 1. The summed E-state index contributed by atoms with van der Waals surface area (Å²) in [5.74, 6) is 0.932. The lowest BCUT2D eigenvalue weighted by Crippen LogP contribution is -2.46. The smallest absolute Gasteiger partial charge is 0.123 e. The van der Waals surface area contributed by atoms with Gasteiger partial charge in [0.25, 0.3) is 0 Å². The van der Waals surface area contributed by atoms with Crippen LogP contribution in [-0.2, 0) is 10.8 Å². The fourth-order valence-corrected chi connectivity index (χ4v) is 6.55. The molecule has 194 valence electrons. The molecule has 5 N–H and O–H groups in total. The van der Waals surface area contributed by atoms with Gasteiger partial charge in [-0.1, -0.05) is 65.8 Å². The first-order valence-electron chi connectivity index (χ1n) is 13.8. The third-order valence-electron chi connectivity index (χ3n) is 9.56. The van der Waals surface area contributed by atoms with Crippen LogP contribution in [0.15, 0.2) is 41.7 Å². The Kier molecular flexibility index (Phi) is 6.12. The summed E-state index contributed by atoms with van der Waals surface area (Å²) in [6.07, 6.45) is 12.3. The molecule has 5 heteroatoms. The van der Waals surface area contributed by atoms with Crippen molar-refractivity contribution in [3.63, 3.8) is 0 Å². The van der Waals surface area contributed by atoms with Crippen molar-refractivity contribution in [3.05, 3.63) is 59.3 Å². The Hall–Kier alpha value is -2.24. The number of benzene rings is 1. The van der Waals surface area contributed by atoms with Gasteiger partial charge in [-0.25, -0.2) is 4.98 Å². The summed E-state index contributed by atoms with van der Waals surface area (Å²) in [7, 11) is 0. The fourth-order valence-electron chi connectivity index (χ4n) is 6.55. The van der Waals surface area contributed by atoms with Gasteiger partial charge >= 0.3 is 0 Å². The topological polar surface area (TPSA) is 93.1 Å². The van der Waals surface area contributed by atoms with E-state index in [1.54, 1.807) is 0 Å². The van der Waals surface area contributed by atoms with Crippen LogP contribution in [0.4, 0.5) is 0 Å². The molecule has 0 spiro atoms. The largest absolute Gasteiger partial charge is 0.344 e. The minimum atomic E-state index is -0.0758. The maximum Gasteiger partial charge on any atom is 0.123 e. The summed E-state index contributed by atoms with van der Waals surface area (Å²) in [5, 5.41) is 0. The van der Waals surface area contributed by atoms with E-state index in [-0.39, 0.29) is 28.3 Å². The van der Waals surface area contributed by atoms with E-state index < -0.39 is 0 Å². The minimum Gasteiger partial charge on any atom is -0.344 e. The Labute approximate surface area is 217 Å². The molecule has 3 fully saturated rings. The third kappa shape index (κ3) is 4.39. The van der Waals surface area contributed by atoms with E-state index in [0.29, 0.717) is 5.41 Å². The van der Waals surface area contributed by atoms with Gasteiger partial charge in [0.15, 0.2) is 0 Å². The van der Waals surface area contributed by atoms with Crippen LogP contribution in [0, 0.1) is 10.8 Å². The quantitative estimate of drug-likeness (QED) is 0.446. The molecule has 3 aliphatic carbocycles. The number of imidazole rings is 1. The molecule has 2 atom stereocenters. The van der Waals surface area contributed by atoms with Crippen molar-refractivity contribution >= 4 is 11.3 Å². The molecule has 1 aromatic heterocycles. The Morgan fingerprint density at radius 2 is 1.36 bits per heavy atom. The highest BCUT2D eigenvalue weighted by Gasteiger charge is 2.51. The molecular formula is C31H45N5. The number of allylic oxidation sites excluding steroid dienone is 1. The number of aliphatic imine (C=N–C) groups is 1. The second-order valence-electron chi connectivity index (χ2n) is 14.0. The molecule has 1 aromatic carbocycles. The minimum absolute atomic E-state index is 0.00586. The van der Waals surface area contributed by atoms with E-state index >= 15 is 0 Å². The number of nitrogens with one attached hydrogen (secondary N) is 1. The van der Waals surface area contributed by atoms with Crippen LogP contribution in [-0.4, -0.2) is 21.7 Å². The van der Waals surface area contributed by atoms with Crippen molar-refractivity contribution in [3.8, 4) is 0 Å². The van der Waals surface area contributed by atoms with Gasteiger partial charge in [-0.2, -0.15) is 0 Å². The first kappa shape index (κ1) is 25.4. The summed E-state index contributed by atoms with van der Waals surface area (Å²) in [4.78, 5) is 13.1. The monoisotopic (exact) mass is 487 g/mol. The van der Waals surface area contributed by atoms with Gasteiger partial charge in [0.05, 0.1) is 6.04 Å². The summed E-state index contributed by atoms with van der Waals surface area (Å²) in [5.41, 5.74) is 20.0. The van der Waals surface area contributed by atoms with Crippen LogP contribution in [0.1, 0.15) is 115 Å². The maximum absolute atomic E-state index is 6.49. The molecule has 5 nitrogen and oxygen atoms in total. The van der Waals surface area contributed by atoms with Gasteiger partial charge in [0, 0.05) is 41.7 Å². The average molecular weight is 488 g/mol. The molecule has 4 aliphatic rings. The van der Waals surface area contributed by atoms with Crippen LogP contribution in [0.5, 0.6) is 0 Å². The zero-order valence-corrected chi connectivity index (χ0v) is 23.1. The third-order valence-corrected chi connectivity index (χ3v) is 9.56. The van der Waals surface area contributed by atoms with Gasteiger partial charge in [-0.3, -0.25) is 4.99 Å². The molecule has 2 heterocycles. The van der Waals surface area contributed by atoms with Gasteiger partial charge in [0.1, 0.15) is 5.82 Å². The standard InChI is InChI=1S/C31H45N5/c1-28(2,3)25(32)23-17-21(18-34-23)20-7-9-22(10-8-20)30-11-14-31(15-12-30,16-13-30)24-19-35-27(36-24)26(33)29(4,5)6/h7-10,18-19,25-26H,11-17,32-33H2,1-6H3,(H,35,36)/t25-,26-,30?,31?/m1/s1. The zero-order chi connectivity index (χ0) is 25.9. The van der Waals surface area contributed by atoms with Crippen molar-refractivity contribution in [1.82, 2.24) is 9.97 Å². The summed E-state index contributed by atoms with van der Waals surface area (Å²) in [6.45, 7) is 13.1. The van der Waals surface area contributed by atoms with Crippen molar-refractivity contribution in [1.29, 1.82) is 0 Å². The number of hydrogen-bond donors (Lipinski definition) is 3. The second-order valence-corrected chi connectivity index (χ2v) is 14.0. The van der Waals surface area contributed by atoms with Crippen LogP contribution in [0.25, 0.3) is 5.57 Å². The van der Waals surface area contributed by atoms with Crippen molar-refractivity contribution < 1.29 is 0 Å².